The molecule has 0 radical (unpaired) electrons. The van der Waals surface area contributed by atoms with Crippen molar-refractivity contribution in [1.82, 2.24) is 19.9 Å². The first kappa shape index (κ1) is 17.3. The standard InChI is InChI=1S/C19H25N5O/c1-14-13-17(23-19(21-14)22-16-5-3-4-6-16)18(25)24(2)12-9-15-7-10-20-11-8-15/h7-8,10-11,13,16H,3-6,9,12H2,1-2H3,(H,21,22,23). The molecule has 25 heavy (non-hydrogen) atoms. The zero-order valence-corrected chi connectivity index (χ0v) is 14.9. The third-order valence-electron chi connectivity index (χ3n) is 4.59. The number of hydrogen-bond acceptors (Lipinski definition) is 5. The Labute approximate surface area is 148 Å². The van der Waals surface area contributed by atoms with Gasteiger partial charge in [0.2, 0.25) is 5.95 Å². The van der Waals surface area contributed by atoms with Crippen molar-refractivity contribution in [3.63, 3.8) is 0 Å². The molecule has 2 aromatic rings. The highest BCUT2D eigenvalue weighted by Crippen LogP contribution is 2.21. The van der Waals surface area contributed by atoms with Crippen LogP contribution >= 0.6 is 0 Å². The summed E-state index contributed by atoms with van der Waals surface area (Å²) in [6, 6.07) is 6.12. The molecule has 6 nitrogen and oxygen atoms in total. The molecule has 0 atom stereocenters. The van der Waals surface area contributed by atoms with Crippen molar-refractivity contribution < 1.29 is 4.79 Å². The highest BCUT2D eigenvalue weighted by molar-refractivity contribution is 5.92. The summed E-state index contributed by atoms with van der Waals surface area (Å²) in [4.78, 5) is 27.3. The van der Waals surface area contributed by atoms with Gasteiger partial charge >= 0.3 is 0 Å². The second-order valence-electron chi connectivity index (χ2n) is 6.68. The number of carbonyl (C=O) groups is 1. The smallest absolute Gasteiger partial charge is 0.272 e. The first-order chi connectivity index (χ1) is 12.1. The van der Waals surface area contributed by atoms with E-state index in [-0.39, 0.29) is 5.91 Å². The first-order valence-corrected chi connectivity index (χ1v) is 8.88. The van der Waals surface area contributed by atoms with Crippen molar-refractivity contribution in [2.24, 2.45) is 0 Å². The number of amides is 1. The molecule has 1 aliphatic carbocycles. The number of carbonyl (C=O) groups excluding carboxylic acids is 1. The molecule has 6 heteroatoms. The molecule has 1 aliphatic rings. The minimum Gasteiger partial charge on any atom is -0.351 e. The first-order valence-electron chi connectivity index (χ1n) is 8.88. The Balaban J connectivity index is 1.64. The Hall–Kier alpha value is -2.50. The lowest BCUT2D eigenvalue weighted by atomic mass is 10.2. The zero-order valence-electron chi connectivity index (χ0n) is 14.9. The number of anilines is 1. The number of rotatable bonds is 6. The summed E-state index contributed by atoms with van der Waals surface area (Å²) in [6.45, 7) is 2.53. The van der Waals surface area contributed by atoms with Crippen LogP contribution in [0.25, 0.3) is 0 Å². The lowest BCUT2D eigenvalue weighted by Gasteiger charge is -2.18. The quantitative estimate of drug-likeness (QED) is 0.876. The fourth-order valence-corrected chi connectivity index (χ4v) is 3.14. The molecule has 1 saturated carbocycles. The van der Waals surface area contributed by atoms with Crippen LogP contribution in [0.4, 0.5) is 5.95 Å². The number of nitrogens with one attached hydrogen (secondary N) is 1. The minimum absolute atomic E-state index is 0.0750. The SMILES string of the molecule is Cc1cc(C(=O)N(C)CCc2ccncc2)nc(NC2CCCC2)n1. The normalized spacial score (nSPS) is 14.5. The van der Waals surface area contributed by atoms with E-state index in [4.69, 9.17) is 0 Å². The largest absolute Gasteiger partial charge is 0.351 e. The van der Waals surface area contributed by atoms with Crippen LogP contribution in [0.5, 0.6) is 0 Å². The van der Waals surface area contributed by atoms with Gasteiger partial charge in [0.25, 0.3) is 5.91 Å². The van der Waals surface area contributed by atoms with Gasteiger partial charge in [0, 0.05) is 37.7 Å². The molecule has 0 unspecified atom stereocenters. The highest BCUT2D eigenvalue weighted by atomic mass is 16.2. The molecular weight excluding hydrogens is 314 g/mol. The van der Waals surface area contributed by atoms with Crippen LogP contribution in [-0.4, -0.2) is 45.4 Å². The van der Waals surface area contributed by atoms with Gasteiger partial charge in [0.15, 0.2) is 0 Å². The number of aromatic nitrogens is 3. The average molecular weight is 339 g/mol. The fourth-order valence-electron chi connectivity index (χ4n) is 3.14. The van der Waals surface area contributed by atoms with Crippen LogP contribution in [0.15, 0.2) is 30.6 Å². The van der Waals surface area contributed by atoms with Crippen molar-refractivity contribution in [2.45, 2.75) is 45.1 Å². The van der Waals surface area contributed by atoms with Gasteiger partial charge in [0.05, 0.1) is 0 Å². The second kappa shape index (κ2) is 8.05. The summed E-state index contributed by atoms with van der Waals surface area (Å²) in [6.07, 6.45) is 9.11. The van der Waals surface area contributed by atoms with E-state index in [9.17, 15) is 4.79 Å². The molecular formula is C19H25N5O. The summed E-state index contributed by atoms with van der Waals surface area (Å²) >= 11 is 0. The molecule has 1 amide bonds. The molecule has 1 N–H and O–H groups in total. The molecule has 132 valence electrons. The number of hydrogen-bond donors (Lipinski definition) is 1. The summed E-state index contributed by atoms with van der Waals surface area (Å²) in [7, 11) is 1.81. The van der Waals surface area contributed by atoms with E-state index < -0.39 is 0 Å². The maximum Gasteiger partial charge on any atom is 0.272 e. The van der Waals surface area contributed by atoms with Crippen LogP contribution in [0.2, 0.25) is 0 Å². The summed E-state index contributed by atoms with van der Waals surface area (Å²) in [5, 5.41) is 3.37. The van der Waals surface area contributed by atoms with Gasteiger partial charge < -0.3 is 10.2 Å². The van der Waals surface area contributed by atoms with E-state index in [1.165, 1.54) is 12.8 Å². The van der Waals surface area contributed by atoms with Crippen molar-refractivity contribution in [3.05, 3.63) is 47.5 Å². The predicted molar refractivity (Wildman–Crippen MR) is 97.5 cm³/mol. The third-order valence-corrected chi connectivity index (χ3v) is 4.59. The summed E-state index contributed by atoms with van der Waals surface area (Å²) in [5.74, 6) is 0.492. The van der Waals surface area contributed by atoms with Crippen LogP contribution < -0.4 is 5.32 Å². The molecule has 1 fully saturated rings. The van der Waals surface area contributed by atoms with Crippen molar-refractivity contribution >= 4 is 11.9 Å². The van der Waals surface area contributed by atoms with E-state index in [1.807, 2.05) is 26.1 Å². The second-order valence-corrected chi connectivity index (χ2v) is 6.68. The number of pyridine rings is 1. The van der Waals surface area contributed by atoms with Gasteiger partial charge in [-0.05, 0) is 49.9 Å². The monoisotopic (exact) mass is 339 g/mol. The molecule has 0 bridgehead atoms. The minimum atomic E-state index is -0.0750. The van der Waals surface area contributed by atoms with Crippen LogP contribution in [0.3, 0.4) is 0 Å². The van der Waals surface area contributed by atoms with Gasteiger partial charge in [-0.1, -0.05) is 12.8 Å². The number of nitrogens with zero attached hydrogens (tertiary/aromatic N) is 4. The van der Waals surface area contributed by atoms with Gasteiger partial charge in [-0.3, -0.25) is 9.78 Å². The van der Waals surface area contributed by atoms with Gasteiger partial charge in [0.1, 0.15) is 5.69 Å². The maximum atomic E-state index is 12.7. The fraction of sp³-hybridized carbons (Fsp3) is 0.474. The Kier molecular flexibility index (Phi) is 5.58. The molecule has 0 spiro atoms. The molecule has 0 saturated heterocycles. The maximum absolute atomic E-state index is 12.7. The molecule has 0 aromatic carbocycles. The molecule has 2 heterocycles. The van der Waals surface area contributed by atoms with Crippen molar-refractivity contribution in [3.8, 4) is 0 Å². The number of aryl methyl sites for hydroxylation is 1. The van der Waals surface area contributed by atoms with Gasteiger partial charge in [-0.2, -0.15) is 0 Å². The van der Waals surface area contributed by atoms with Crippen LogP contribution in [-0.2, 0) is 6.42 Å². The Morgan fingerprint density at radius 2 is 1.96 bits per heavy atom. The lowest BCUT2D eigenvalue weighted by Crippen LogP contribution is -2.30. The van der Waals surface area contributed by atoms with Crippen molar-refractivity contribution in [2.75, 3.05) is 18.9 Å². The average Bonchev–Trinajstić information content (AvgIpc) is 3.12. The lowest BCUT2D eigenvalue weighted by molar-refractivity contribution is 0.0790. The Morgan fingerprint density at radius 3 is 2.68 bits per heavy atom. The van der Waals surface area contributed by atoms with E-state index >= 15 is 0 Å². The molecule has 0 aliphatic heterocycles. The van der Waals surface area contributed by atoms with Gasteiger partial charge in [-0.15, -0.1) is 0 Å². The predicted octanol–water partition coefficient (Wildman–Crippen LogP) is 2.85. The zero-order chi connectivity index (χ0) is 17.6. The van der Waals surface area contributed by atoms with Crippen LogP contribution in [0, 0.1) is 6.92 Å². The number of likely N-dealkylation sites (N-methyl/N-ethyl adjacent to an activating group) is 1. The molecule has 3 rings (SSSR count). The Bertz CT molecular complexity index is 713. The molecule has 2 aromatic heterocycles. The van der Waals surface area contributed by atoms with E-state index in [1.54, 1.807) is 23.4 Å². The highest BCUT2D eigenvalue weighted by Gasteiger charge is 2.19. The van der Waals surface area contributed by atoms with Gasteiger partial charge in [-0.25, -0.2) is 9.97 Å². The summed E-state index contributed by atoms with van der Waals surface area (Å²) in [5.41, 5.74) is 2.42. The van der Waals surface area contributed by atoms with Crippen molar-refractivity contribution in [1.29, 1.82) is 0 Å². The van der Waals surface area contributed by atoms with E-state index in [2.05, 4.69) is 20.3 Å². The summed E-state index contributed by atoms with van der Waals surface area (Å²) < 4.78 is 0. The Morgan fingerprint density at radius 1 is 1.24 bits per heavy atom. The van der Waals surface area contributed by atoms with E-state index in [0.717, 1.165) is 30.5 Å². The third kappa shape index (κ3) is 4.75. The topological polar surface area (TPSA) is 71.0 Å². The van der Waals surface area contributed by atoms with Crippen LogP contribution in [0.1, 0.15) is 47.4 Å². The van der Waals surface area contributed by atoms with E-state index in [0.29, 0.717) is 24.2 Å².